The average molecular weight is 274 g/mol. The Morgan fingerprint density at radius 1 is 1.22 bits per heavy atom. The highest BCUT2D eigenvalue weighted by Gasteiger charge is 2.26. The van der Waals surface area contributed by atoms with Crippen molar-refractivity contribution < 1.29 is 28.7 Å². The molecule has 1 unspecified atom stereocenters. The summed E-state index contributed by atoms with van der Waals surface area (Å²) in [6.45, 7) is 8.17. The molecular formula is C11H18O6Si. The van der Waals surface area contributed by atoms with Gasteiger partial charge in [-0.3, -0.25) is 0 Å². The van der Waals surface area contributed by atoms with Gasteiger partial charge < -0.3 is 14.3 Å². The Labute approximate surface area is 107 Å². The summed E-state index contributed by atoms with van der Waals surface area (Å²) in [6, 6.07) is 0. The molecule has 0 aliphatic heterocycles. The van der Waals surface area contributed by atoms with E-state index in [-0.39, 0.29) is 5.57 Å². The number of ether oxygens (including phenoxy) is 1. The molecule has 0 saturated carbocycles. The Balaban J connectivity index is 4.49. The summed E-state index contributed by atoms with van der Waals surface area (Å²) in [5, 5.41) is 8.46. The first-order valence-electron chi connectivity index (χ1n) is 5.38. The number of carbonyl (C=O) groups excluding carboxylic acids is 2. The zero-order chi connectivity index (χ0) is 14.5. The summed E-state index contributed by atoms with van der Waals surface area (Å²) in [5.41, 5.74) is -0.0878. The molecule has 18 heavy (non-hydrogen) atoms. The van der Waals surface area contributed by atoms with Gasteiger partial charge in [0.25, 0.3) is 0 Å². The monoisotopic (exact) mass is 274 g/mol. The smallest absolute Gasteiger partial charge is 0.334 e. The number of aliphatic carboxylic acids is 1. The fourth-order valence-electron chi connectivity index (χ4n) is 0.931. The topological polar surface area (TPSA) is 89.9 Å². The van der Waals surface area contributed by atoms with Crippen LogP contribution in [0.1, 0.15) is 13.8 Å². The van der Waals surface area contributed by atoms with E-state index in [1.165, 1.54) is 13.8 Å². The fourth-order valence-corrected chi connectivity index (χ4v) is 1.70. The third kappa shape index (κ3) is 6.84. The van der Waals surface area contributed by atoms with E-state index in [1.807, 2.05) is 19.6 Å². The molecule has 102 valence electrons. The van der Waals surface area contributed by atoms with Crippen LogP contribution in [-0.4, -0.2) is 37.4 Å². The number of carboxylic acid groups (broad SMARTS) is 1. The summed E-state index contributed by atoms with van der Waals surface area (Å²) in [5.74, 6) is -2.72. The molecule has 0 bridgehead atoms. The number of rotatable bonds is 5. The molecule has 0 radical (unpaired) electrons. The minimum Gasteiger partial charge on any atom is -0.517 e. The summed E-state index contributed by atoms with van der Waals surface area (Å²) in [7, 11) is -2.04. The van der Waals surface area contributed by atoms with E-state index in [4.69, 9.17) is 14.3 Å². The Hall–Kier alpha value is -1.63. The standard InChI is InChI=1S/C11H18O6Si/c1-7(6-9(12)13)10(14)16-8(2)11(15)17-18(3,4)5/h6,8H,1-5H3,(H,12,13)/b7-6-. The first kappa shape index (κ1) is 16.4. The van der Waals surface area contributed by atoms with E-state index < -0.39 is 32.3 Å². The SMILES string of the molecule is C/C(=C/C(=O)O)C(=O)OC(C)C(=O)O[Si](C)(C)C. The van der Waals surface area contributed by atoms with Crippen molar-refractivity contribution in [3.05, 3.63) is 11.6 Å². The molecule has 0 fully saturated rings. The van der Waals surface area contributed by atoms with Gasteiger partial charge in [-0.15, -0.1) is 0 Å². The van der Waals surface area contributed by atoms with E-state index in [9.17, 15) is 14.4 Å². The Morgan fingerprint density at radius 3 is 2.11 bits per heavy atom. The molecule has 0 aromatic carbocycles. The summed E-state index contributed by atoms with van der Waals surface area (Å²) in [4.78, 5) is 33.3. The van der Waals surface area contributed by atoms with Crippen LogP contribution in [0.2, 0.25) is 19.6 Å². The number of carboxylic acids is 1. The van der Waals surface area contributed by atoms with E-state index in [0.717, 1.165) is 6.08 Å². The van der Waals surface area contributed by atoms with Crippen molar-refractivity contribution >= 4 is 26.2 Å². The van der Waals surface area contributed by atoms with Crippen LogP contribution >= 0.6 is 0 Å². The van der Waals surface area contributed by atoms with Crippen molar-refractivity contribution in [2.24, 2.45) is 0 Å². The molecule has 0 aromatic rings. The molecule has 1 atom stereocenters. The number of hydrogen-bond acceptors (Lipinski definition) is 5. The van der Waals surface area contributed by atoms with Gasteiger partial charge in [0, 0.05) is 11.6 Å². The zero-order valence-corrected chi connectivity index (χ0v) is 12.1. The Kier molecular flexibility index (Phi) is 5.76. The first-order chi connectivity index (χ1) is 8.03. The van der Waals surface area contributed by atoms with E-state index >= 15 is 0 Å². The molecule has 0 amide bonds. The van der Waals surface area contributed by atoms with Crippen molar-refractivity contribution in [2.45, 2.75) is 39.6 Å². The van der Waals surface area contributed by atoms with E-state index in [0.29, 0.717) is 0 Å². The summed E-state index contributed by atoms with van der Waals surface area (Å²) in [6.07, 6.45) is -0.333. The minimum absolute atomic E-state index is 0.0878. The van der Waals surface area contributed by atoms with Crippen LogP contribution in [0.5, 0.6) is 0 Å². The largest absolute Gasteiger partial charge is 0.517 e. The second kappa shape index (κ2) is 6.34. The second-order valence-corrected chi connectivity index (χ2v) is 9.18. The van der Waals surface area contributed by atoms with Gasteiger partial charge in [-0.25, -0.2) is 14.4 Å². The Morgan fingerprint density at radius 2 is 1.72 bits per heavy atom. The molecule has 0 aliphatic rings. The number of carbonyl (C=O) groups is 3. The number of hydrogen-bond donors (Lipinski definition) is 1. The van der Waals surface area contributed by atoms with Crippen LogP contribution in [0.25, 0.3) is 0 Å². The van der Waals surface area contributed by atoms with Gasteiger partial charge in [0.1, 0.15) is 0 Å². The van der Waals surface area contributed by atoms with Gasteiger partial charge in [-0.2, -0.15) is 0 Å². The highest BCUT2D eigenvalue weighted by Crippen LogP contribution is 2.08. The van der Waals surface area contributed by atoms with Crippen LogP contribution in [0.15, 0.2) is 11.6 Å². The average Bonchev–Trinajstić information content (AvgIpc) is 2.13. The Bertz CT molecular complexity index is 379. The van der Waals surface area contributed by atoms with Crippen molar-refractivity contribution in [1.82, 2.24) is 0 Å². The maximum atomic E-state index is 11.5. The second-order valence-electron chi connectivity index (χ2n) is 4.75. The highest BCUT2D eigenvalue weighted by molar-refractivity contribution is 6.71. The lowest BCUT2D eigenvalue weighted by Gasteiger charge is -2.20. The normalized spacial score (nSPS) is 13.7. The van der Waals surface area contributed by atoms with Gasteiger partial charge in [0.2, 0.25) is 8.32 Å². The van der Waals surface area contributed by atoms with Crippen LogP contribution < -0.4 is 0 Å². The fraction of sp³-hybridized carbons (Fsp3) is 0.545. The third-order valence-corrected chi connectivity index (χ3v) is 2.50. The molecular weight excluding hydrogens is 256 g/mol. The molecule has 0 rings (SSSR count). The van der Waals surface area contributed by atoms with Gasteiger partial charge >= 0.3 is 17.9 Å². The molecule has 0 heterocycles. The van der Waals surface area contributed by atoms with E-state index in [1.54, 1.807) is 0 Å². The highest BCUT2D eigenvalue weighted by atomic mass is 28.4. The molecule has 0 aromatic heterocycles. The number of esters is 1. The molecule has 0 saturated heterocycles. The van der Waals surface area contributed by atoms with Crippen LogP contribution in [0, 0.1) is 0 Å². The van der Waals surface area contributed by atoms with Crippen LogP contribution in [0.3, 0.4) is 0 Å². The maximum Gasteiger partial charge on any atom is 0.334 e. The third-order valence-electron chi connectivity index (χ3n) is 1.68. The lowest BCUT2D eigenvalue weighted by Crippen LogP contribution is -2.36. The van der Waals surface area contributed by atoms with Crippen molar-refractivity contribution in [1.29, 1.82) is 0 Å². The molecule has 1 N–H and O–H groups in total. The minimum atomic E-state index is -2.04. The molecule has 0 aliphatic carbocycles. The van der Waals surface area contributed by atoms with Gasteiger partial charge in [-0.05, 0) is 33.5 Å². The van der Waals surface area contributed by atoms with Crippen LogP contribution in [-0.2, 0) is 23.5 Å². The van der Waals surface area contributed by atoms with Gasteiger partial charge in [0.05, 0.1) is 0 Å². The van der Waals surface area contributed by atoms with E-state index in [2.05, 4.69) is 0 Å². The predicted molar refractivity (Wildman–Crippen MR) is 66.4 cm³/mol. The summed E-state index contributed by atoms with van der Waals surface area (Å²) < 4.78 is 9.95. The summed E-state index contributed by atoms with van der Waals surface area (Å²) >= 11 is 0. The lowest BCUT2D eigenvalue weighted by molar-refractivity contribution is -0.158. The van der Waals surface area contributed by atoms with Crippen molar-refractivity contribution in [2.75, 3.05) is 0 Å². The molecule has 0 spiro atoms. The van der Waals surface area contributed by atoms with Crippen LogP contribution in [0.4, 0.5) is 0 Å². The quantitative estimate of drug-likeness (QED) is 0.462. The zero-order valence-electron chi connectivity index (χ0n) is 11.1. The maximum absolute atomic E-state index is 11.5. The van der Waals surface area contributed by atoms with Gasteiger partial charge in [0.15, 0.2) is 6.10 Å². The molecule has 6 nitrogen and oxygen atoms in total. The lowest BCUT2D eigenvalue weighted by atomic mass is 10.3. The van der Waals surface area contributed by atoms with Crippen molar-refractivity contribution in [3.8, 4) is 0 Å². The first-order valence-corrected chi connectivity index (χ1v) is 8.79. The predicted octanol–water partition coefficient (Wildman–Crippen LogP) is 1.33. The molecule has 7 heteroatoms. The van der Waals surface area contributed by atoms with Gasteiger partial charge in [-0.1, -0.05) is 0 Å². The van der Waals surface area contributed by atoms with Crippen molar-refractivity contribution in [3.63, 3.8) is 0 Å².